The fraction of sp³-hybridized carbons (Fsp3) is 0.217. The van der Waals surface area contributed by atoms with E-state index in [4.69, 9.17) is 0 Å². The summed E-state index contributed by atoms with van der Waals surface area (Å²) < 4.78 is 0.522. The van der Waals surface area contributed by atoms with E-state index in [1.807, 2.05) is 0 Å². The second-order valence-electron chi connectivity index (χ2n) is 7.36. The summed E-state index contributed by atoms with van der Waals surface area (Å²) in [7, 11) is 0. The third kappa shape index (κ3) is 2.46. The number of hydrogen-bond acceptors (Lipinski definition) is 0. The van der Waals surface area contributed by atoms with E-state index in [1.54, 1.807) is 5.57 Å². The second-order valence-corrected chi connectivity index (χ2v) is 7.36. The third-order valence-corrected chi connectivity index (χ3v) is 5.38. The zero-order valence-corrected chi connectivity index (χ0v) is 14.9. The molecule has 1 aliphatic carbocycles. The molecular weight excluding hydrogens is 283 g/mol. The summed E-state index contributed by atoms with van der Waals surface area (Å²) in [6, 6.07) is 20.1. The van der Waals surface area contributed by atoms with Gasteiger partial charge >= 0.3 is 154 Å². The molecule has 3 aromatic carbocycles. The van der Waals surface area contributed by atoms with Crippen molar-refractivity contribution in [2.75, 3.05) is 0 Å². The number of rotatable bonds is 2. The van der Waals surface area contributed by atoms with Crippen LogP contribution in [0.2, 0.25) is 0 Å². The number of aryl methyl sites for hydroxylation is 1. The molecule has 1 heteroatoms. The molecule has 3 aromatic rings. The molecule has 0 radical (unpaired) electrons. The van der Waals surface area contributed by atoms with Gasteiger partial charge in [0.15, 0.2) is 0 Å². The minimum atomic E-state index is 0.522. The molecule has 0 amide bonds. The van der Waals surface area contributed by atoms with Crippen LogP contribution >= 0.6 is 0 Å². The van der Waals surface area contributed by atoms with E-state index >= 15 is 0 Å². The summed E-state index contributed by atoms with van der Waals surface area (Å²) in [6.45, 7) is 6.83. The molecule has 0 aromatic heterocycles. The van der Waals surface area contributed by atoms with Gasteiger partial charge in [-0.05, 0) is 0 Å². The van der Waals surface area contributed by atoms with Gasteiger partial charge in [-0.15, -0.1) is 0 Å². The minimum absolute atomic E-state index is 0.522. The van der Waals surface area contributed by atoms with Crippen LogP contribution in [0.5, 0.6) is 0 Å². The van der Waals surface area contributed by atoms with Crippen LogP contribution in [-0.4, -0.2) is 17.7 Å². The topological polar surface area (TPSA) is 0 Å². The molecule has 0 heterocycles. The Morgan fingerprint density at radius 3 is 2.46 bits per heavy atom. The first kappa shape index (κ1) is 15.8. The van der Waals surface area contributed by atoms with Crippen molar-refractivity contribution in [3.8, 4) is 11.1 Å². The molecule has 24 heavy (non-hydrogen) atoms. The van der Waals surface area contributed by atoms with E-state index in [-0.39, 0.29) is 0 Å². The fourth-order valence-electron chi connectivity index (χ4n) is 4.17. The van der Waals surface area contributed by atoms with Gasteiger partial charge < -0.3 is 0 Å². The van der Waals surface area contributed by atoms with Crippen LogP contribution in [-0.2, 0) is 0 Å². The van der Waals surface area contributed by atoms with Crippen molar-refractivity contribution in [1.29, 1.82) is 0 Å². The summed E-state index contributed by atoms with van der Waals surface area (Å²) in [4.78, 5) is 0. The standard InChI is InChI=1S/C23H21.Li/c1-15(2)18-13-19-11-16(3)12-23(22(19)14-18)21-10-6-8-17-7-4-5-9-20(17)21;/h4-15H,1-3H3;. The van der Waals surface area contributed by atoms with E-state index in [0.717, 1.165) is 0 Å². The molecule has 0 nitrogen and oxygen atoms in total. The van der Waals surface area contributed by atoms with E-state index in [1.165, 1.54) is 38.6 Å². The van der Waals surface area contributed by atoms with Crippen LogP contribution < -0.4 is 0 Å². The quantitative estimate of drug-likeness (QED) is 0.503. The molecule has 0 N–H and O–H groups in total. The van der Waals surface area contributed by atoms with Gasteiger partial charge in [0.05, 0.1) is 0 Å². The molecule has 0 spiro atoms. The monoisotopic (exact) mass is 304 g/mol. The maximum atomic E-state index is 2.45. The molecule has 1 atom stereocenters. The molecule has 0 saturated heterocycles. The van der Waals surface area contributed by atoms with Crippen molar-refractivity contribution < 1.29 is 0 Å². The second kappa shape index (κ2) is 5.96. The summed E-state index contributed by atoms with van der Waals surface area (Å²) in [6.07, 6.45) is 2.45. The van der Waals surface area contributed by atoms with Crippen molar-refractivity contribution >= 4 is 34.6 Å². The average molecular weight is 304 g/mol. The molecule has 1 unspecified atom stereocenters. The Balaban J connectivity index is 2.02. The van der Waals surface area contributed by atoms with Gasteiger partial charge in [0.25, 0.3) is 0 Å². The predicted octanol–water partition coefficient (Wildman–Crippen LogP) is 6.08. The van der Waals surface area contributed by atoms with E-state index in [0.29, 0.717) is 10.5 Å². The van der Waals surface area contributed by atoms with Crippen LogP contribution in [0.3, 0.4) is 0 Å². The van der Waals surface area contributed by atoms with Crippen LogP contribution in [0.4, 0.5) is 0 Å². The first-order valence-electron chi connectivity index (χ1n) is 8.90. The van der Waals surface area contributed by atoms with Gasteiger partial charge in [-0.1, -0.05) is 0 Å². The first-order chi connectivity index (χ1) is 11.6. The Labute approximate surface area is 153 Å². The van der Waals surface area contributed by atoms with Gasteiger partial charge in [0, 0.05) is 0 Å². The van der Waals surface area contributed by atoms with Crippen molar-refractivity contribution in [1.82, 2.24) is 0 Å². The molecule has 0 fully saturated rings. The van der Waals surface area contributed by atoms with E-state index in [2.05, 4.69) is 99.2 Å². The zero-order valence-electron chi connectivity index (χ0n) is 14.9. The van der Waals surface area contributed by atoms with Crippen LogP contribution in [0.25, 0.3) is 28.0 Å². The van der Waals surface area contributed by atoms with Gasteiger partial charge in [0.2, 0.25) is 0 Å². The van der Waals surface area contributed by atoms with Crippen molar-refractivity contribution in [3.63, 3.8) is 0 Å². The average Bonchev–Trinajstić information content (AvgIpc) is 2.91. The van der Waals surface area contributed by atoms with Crippen molar-refractivity contribution in [2.24, 2.45) is 5.92 Å². The Morgan fingerprint density at radius 2 is 1.67 bits per heavy atom. The predicted molar refractivity (Wildman–Crippen MR) is 105 cm³/mol. The van der Waals surface area contributed by atoms with Crippen LogP contribution in [0, 0.1) is 12.8 Å². The van der Waals surface area contributed by atoms with Crippen molar-refractivity contribution in [3.05, 3.63) is 76.9 Å². The zero-order chi connectivity index (χ0) is 16.8. The maximum absolute atomic E-state index is 2.45. The normalized spacial score (nSPS) is 16.6. The molecule has 0 saturated carbocycles. The van der Waals surface area contributed by atoms with Crippen LogP contribution in [0.15, 0.2) is 60.2 Å². The number of benzene rings is 3. The molecular formula is C23H21Li. The summed E-state index contributed by atoms with van der Waals surface area (Å²) in [5.41, 5.74) is 8.54. The summed E-state index contributed by atoms with van der Waals surface area (Å²) >= 11 is 2.35. The Kier molecular flexibility index (Phi) is 3.92. The Morgan fingerprint density at radius 1 is 0.917 bits per heavy atom. The summed E-state index contributed by atoms with van der Waals surface area (Å²) in [5, 5.41) is 2.65. The van der Waals surface area contributed by atoms with E-state index < -0.39 is 0 Å². The molecule has 1 aliphatic rings. The SMILES string of the molecule is [Li][CH]1C(C(C)C)=Cc2c(-c3cccc4ccccc34)cc(C)cc21. The van der Waals surface area contributed by atoms with Gasteiger partial charge in [-0.25, -0.2) is 0 Å². The van der Waals surface area contributed by atoms with Crippen LogP contribution in [0.1, 0.15) is 35.1 Å². The fourth-order valence-corrected chi connectivity index (χ4v) is 4.17. The summed E-state index contributed by atoms with van der Waals surface area (Å²) in [5.74, 6) is 0.591. The molecule has 114 valence electrons. The van der Waals surface area contributed by atoms with E-state index in [9.17, 15) is 0 Å². The Hall–Kier alpha value is -1.74. The van der Waals surface area contributed by atoms with Gasteiger partial charge in [0.1, 0.15) is 0 Å². The van der Waals surface area contributed by atoms with Crippen molar-refractivity contribution in [2.45, 2.75) is 25.4 Å². The molecule has 0 aliphatic heterocycles. The number of hydrogen-bond donors (Lipinski definition) is 0. The molecule has 4 rings (SSSR count). The third-order valence-electron chi connectivity index (χ3n) is 5.38. The van der Waals surface area contributed by atoms with Gasteiger partial charge in [-0.2, -0.15) is 0 Å². The Bertz CT molecular complexity index is 958. The molecule has 0 bridgehead atoms. The van der Waals surface area contributed by atoms with Gasteiger partial charge in [-0.3, -0.25) is 0 Å². The first-order valence-corrected chi connectivity index (χ1v) is 8.90. The number of allylic oxidation sites excluding steroid dienone is 1. The number of fused-ring (bicyclic) bond motifs is 2.